The standard InChI is InChI=1S/C24H22N2O2/c1-26-23(18-12-8-5-9-13-18)22(17-10-6-4-7-11-17)25-24(26)19-14-15-20(27-2)21(16-19)28-3/h4-16H,1-3H3. The van der Waals surface area contributed by atoms with Crippen molar-refractivity contribution in [2.75, 3.05) is 14.2 Å². The molecule has 28 heavy (non-hydrogen) atoms. The molecule has 3 aromatic carbocycles. The van der Waals surface area contributed by atoms with Crippen molar-refractivity contribution < 1.29 is 9.47 Å². The molecule has 0 atom stereocenters. The van der Waals surface area contributed by atoms with Gasteiger partial charge in [-0.25, -0.2) is 4.98 Å². The molecule has 0 amide bonds. The number of benzene rings is 3. The molecule has 1 aromatic heterocycles. The lowest BCUT2D eigenvalue weighted by Gasteiger charge is -2.10. The molecule has 4 heteroatoms. The number of hydrogen-bond donors (Lipinski definition) is 0. The van der Waals surface area contributed by atoms with Gasteiger partial charge >= 0.3 is 0 Å². The van der Waals surface area contributed by atoms with E-state index in [1.807, 2.05) is 61.6 Å². The molecule has 0 fully saturated rings. The van der Waals surface area contributed by atoms with Crippen LogP contribution < -0.4 is 9.47 Å². The van der Waals surface area contributed by atoms with Crippen LogP contribution in [0.1, 0.15) is 0 Å². The smallest absolute Gasteiger partial charge is 0.161 e. The van der Waals surface area contributed by atoms with Gasteiger partial charge in [0.2, 0.25) is 0 Å². The van der Waals surface area contributed by atoms with Crippen LogP contribution in [0.25, 0.3) is 33.9 Å². The van der Waals surface area contributed by atoms with Crippen LogP contribution >= 0.6 is 0 Å². The minimum Gasteiger partial charge on any atom is -0.493 e. The summed E-state index contributed by atoms with van der Waals surface area (Å²) in [5.41, 5.74) is 5.22. The highest BCUT2D eigenvalue weighted by Gasteiger charge is 2.19. The van der Waals surface area contributed by atoms with Crippen molar-refractivity contribution in [2.24, 2.45) is 7.05 Å². The van der Waals surface area contributed by atoms with Gasteiger partial charge in [0.1, 0.15) is 5.82 Å². The molecule has 4 rings (SSSR count). The van der Waals surface area contributed by atoms with Crippen LogP contribution in [0.4, 0.5) is 0 Å². The second-order valence-corrected chi connectivity index (χ2v) is 6.49. The van der Waals surface area contributed by atoms with Crippen LogP contribution in [0, 0.1) is 0 Å². The molecule has 140 valence electrons. The van der Waals surface area contributed by atoms with Crippen LogP contribution in [-0.2, 0) is 7.05 Å². The Kier molecular flexibility index (Phi) is 4.85. The van der Waals surface area contributed by atoms with E-state index in [0.29, 0.717) is 11.5 Å². The molecule has 0 unspecified atom stereocenters. The summed E-state index contributed by atoms with van der Waals surface area (Å²) in [4.78, 5) is 5.02. The van der Waals surface area contributed by atoms with Crippen molar-refractivity contribution >= 4 is 0 Å². The number of nitrogens with zero attached hydrogens (tertiary/aromatic N) is 2. The molecule has 0 spiro atoms. The number of ether oxygens (including phenoxy) is 2. The molecule has 0 saturated heterocycles. The van der Waals surface area contributed by atoms with E-state index in [1.165, 1.54) is 0 Å². The van der Waals surface area contributed by atoms with E-state index < -0.39 is 0 Å². The van der Waals surface area contributed by atoms with E-state index in [0.717, 1.165) is 33.9 Å². The first-order valence-electron chi connectivity index (χ1n) is 9.13. The maximum atomic E-state index is 5.48. The molecule has 4 aromatic rings. The van der Waals surface area contributed by atoms with Gasteiger partial charge in [0.25, 0.3) is 0 Å². The Morgan fingerprint density at radius 1 is 0.679 bits per heavy atom. The molecular formula is C24H22N2O2. The van der Waals surface area contributed by atoms with E-state index in [4.69, 9.17) is 14.5 Å². The third-order valence-corrected chi connectivity index (χ3v) is 4.83. The van der Waals surface area contributed by atoms with Crippen molar-refractivity contribution in [2.45, 2.75) is 0 Å². The van der Waals surface area contributed by atoms with E-state index in [2.05, 4.69) is 28.8 Å². The third-order valence-electron chi connectivity index (χ3n) is 4.83. The maximum absolute atomic E-state index is 5.48. The summed E-state index contributed by atoms with van der Waals surface area (Å²) in [5.74, 6) is 2.26. The highest BCUT2D eigenvalue weighted by Crippen LogP contribution is 2.37. The molecule has 0 aliphatic carbocycles. The Balaban J connectivity index is 1.94. The third kappa shape index (κ3) is 3.14. The summed E-state index contributed by atoms with van der Waals surface area (Å²) >= 11 is 0. The van der Waals surface area contributed by atoms with Gasteiger partial charge in [0, 0.05) is 23.7 Å². The Morgan fingerprint density at radius 2 is 1.29 bits per heavy atom. The molecule has 0 saturated carbocycles. The van der Waals surface area contributed by atoms with Gasteiger partial charge in [0.05, 0.1) is 25.6 Å². The highest BCUT2D eigenvalue weighted by atomic mass is 16.5. The minimum absolute atomic E-state index is 0.686. The van der Waals surface area contributed by atoms with Crippen molar-refractivity contribution in [3.8, 4) is 45.4 Å². The molecule has 0 aliphatic rings. The average Bonchev–Trinajstić information content (AvgIpc) is 3.11. The fourth-order valence-corrected chi connectivity index (χ4v) is 3.46. The van der Waals surface area contributed by atoms with Crippen molar-refractivity contribution in [3.63, 3.8) is 0 Å². The quantitative estimate of drug-likeness (QED) is 0.469. The van der Waals surface area contributed by atoms with Gasteiger partial charge in [0.15, 0.2) is 11.5 Å². The van der Waals surface area contributed by atoms with Crippen LogP contribution in [0.5, 0.6) is 11.5 Å². The van der Waals surface area contributed by atoms with Crippen molar-refractivity contribution in [1.29, 1.82) is 0 Å². The second kappa shape index (κ2) is 7.61. The largest absolute Gasteiger partial charge is 0.493 e. The van der Waals surface area contributed by atoms with Crippen LogP contribution in [0.3, 0.4) is 0 Å². The molecule has 0 aliphatic heterocycles. The number of hydrogen-bond acceptors (Lipinski definition) is 3. The number of rotatable bonds is 5. The molecule has 0 radical (unpaired) electrons. The summed E-state index contributed by atoms with van der Waals surface area (Å²) in [6.45, 7) is 0. The second-order valence-electron chi connectivity index (χ2n) is 6.49. The average molecular weight is 370 g/mol. The zero-order chi connectivity index (χ0) is 19.5. The van der Waals surface area contributed by atoms with Gasteiger partial charge in [-0.05, 0) is 18.2 Å². The van der Waals surface area contributed by atoms with Crippen LogP contribution in [0.15, 0.2) is 78.9 Å². The lowest BCUT2D eigenvalue weighted by Crippen LogP contribution is -1.97. The Hall–Kier alpha value is -3.53. The summed E-state index contributed by atoms with van der Waals surface area (Å²) in [7, 11) is 5.33. The summed E-state index contributed by atoms with van der Waals surface area (Å²) in [5, 5.41) is 0. The Morgan fingerprint density at radius 3 is 1.89 bits per heavy atom. The van der Waals surface area contributed by atoms with Gasteiger partial charge in [-0.3, -0.25) is 0 Å². The Bertz CT molecular complexity index is 1090. The number of imidazole rings is 1. The summed E-state index contributed by atoms with van der Waals surface area (Å²) in [6, 6.07) is 26.5. The van der Waals surface area contributed by atoms with Crippen LogP contribution in [0.2, 0.25) is 0 Å². The van der Waals surface area contributed by atoms with Gasteiger partial charge in [-0.15, -0.1) is 0 Å². The Labute approximate surface area is 165 Å². The normalized spacial score (nSPS) is 10.7. The van der Waals surface area contributed by atoms with Gasteiger partial charge in [-0.2, -0.15) is 0 Å². The van der Waals surface area contributed by atoms with Crippen molar-refractivity contribution in [1.82, 2.24) is 9.55 Å². The molecule has 0 bridgehead atoms. The predicted molar refractivity (Wildman–Crippen MR) is 113 cm³/mol. The number of methoxy groups -OCH3 is 2. The lowest BCUT2D eigenvalue weighted by molar-refractivity contribution is 0.355. The monoisotopic (exact) mass is 370 g/mol. The fraction of sp³-hybridized carbons (Fsp3) is 0.125. The number of aromatic nitrogens is 2. The van der Waals surface area contributed by atoms with E-state index >= 15 is 0 Å². The van der Waals surface area contributed by atoms with Crippen LogP contribution in [-0.4, -0.2) is 23.8 Å². The lowest BCUT2D eigenvalue weighted by atomic mass is 10.1. The molecular weight excluding hydrogens is 348 g/mol. The van der Waals surface area contributed by atoms with E-state index in [9.17, 15) is 0 Å². The van der Waals surface area contributed by atoms with E-state index in [1.54, 1.807) is 14.2 Å². The molecule has 0 N–H and O–H groups in total. The minimum atomic E-state index is 0.686. The maximum Gasteiger partial charge on any atom is 0.161 e. The first kappa shape index (κ1) is 17.9. The summed E-state index contributed by atoms with van der Waals surface area (Å²) < 4.78 is 13.0. The highest BCUT2D eigenvalue weighted by molar-refractivity contribution is 5.82. The first-order valence-corrected chi connectivity index (χ1v) is 9.13. The van der Waals surface area contributed by atoms with E-state index in [-0.39, 0.29) is 0 Å². The first-order chi connectivity index (χ1) is 13.7. The van der Waals surface area contributed by atoms with Gasteiger partial charge in [-0.1, -0.05) is 60.7 Å². The topological polar surface area (TPSA) is 36.3 Å². The van der Waals surface area contributed by atoms with Crippen molar-refractivity contribution in [3.05, 3.63) is 78.9 Å². The zero-order valence-electron chi connectivity index (χ0n) is 16.2. The fourth-order valence-electron chi connectivity index (χ4n) is 3.46. The molecule has 1 heterocycles. The van der Waals surface area contributed by atoms with Gasteiger partial charge < -0.3 is 14.0 Å². The zero-order valence-corrected chi connectivity index (χ0v) is 16.2. The SMILES string of the molecule is COc1ccc(-c2nc(-c3ccccc3)c(-c3ccccc3)n2C)cc1OC. The molecule has 4 nitrogen and oxygen atoms in total. The summed E-state index contributed by atoms with van der Waals surface area (Å²) in [6.07, 6.45) is 0. The predicted octanol–water partition coefficient (Wildman–Crippen LogP) is 5.44.